The second-order valence-corrected chi connectivity index (χ2v) is 10.5. The van der Waals surface area contributed by atoms with Crippen LogP contribution in [0.15, 0.2) is 29.8 Å². The van der Waals surface area contributed by atoms with E-state index < -0.39 is 17.5 Å². The molecule has 4 rings (SSSR count). The van der Waals surface area contributed by atoms with Crippen LogP contribution in [0.2, 0.25) is 5.02 Å². The van der Waals surface area contributed by atoms with Gasteiger partial charge in [-0.15, -0.1) is 11.3 Å². The second-order valence-electron chi connectivity index (χ2n) is 9.20. The molecule has 3 aromatic rings. The average Bonchev–Trinajstić information content (AvgIpc) is 3.28. The number of rotatable bonds is 5. The maximum atomic E-state index is 12.5. The number of benzene rings is 1. The molecule has 0 radical (unpaired) electrons. The first-order valence-corrected chi connectivity index (χ1v) is 12.2. The minimum atomic E-state index is -1.09. The van der Waals surface area contributed by atoms with Gasteiger partial charge in [0.2, 0.25) is 5.95 Å². The van der Waals surface area contributed by atoms with Gasteiger partial charge < -0.3 is 25.8 Å². The number of carboxylic acid groups (broad SMARTS) is 1. The monoisotopic (exact) mass is 529 g/mol. The number of nitrogens with one attached hydrogen (secondary N) is 1. The van der Waals surface area contributed by atoms with Crippen LogP contribution in [0.25, 0.3) is 10.6 Å². The molecule has 0 saturated heterocycles. The lowest BCUT2D eigenvalue weighted by molar-refractivity contribution is 0.0223. The van der Waals surface area contributed by atoms with Crippen molar-refractivity contribution >= 4 is 52.5 Å². The molecule has 36 heavy (non-hydrogen) atoms. The summed E-state index contributed by atoms with van der Waals surface area (Å²) in [5.41, 5.74) is 7.75. The highest BCUT2D eigenvalue weighted by atomic mass is 35.5. The highest BCUT2D eigenvalue weighted by molar-refractivity contribution is 7.13. The number of nitrogens with zero attached hydrogens (tertiary/aromatic N) is 3. The number of hydrogen-bond acceptors (Lipinski definition) is 8. The Hall–Kier alpha value is -3.70. The Morgan fingerprint density at radius 2 is 1.97 bits per heavy atom. The van der Waals surface area contributed by atoms with Gasteiger partial charge in [-0.1, -0.05) is 11.6 Å². The van der Waals surface area contributed by atoms with E-state index >= 15 is 0 Å². The van der Waals surface area contributed by atoms with E-state index in [1.54, 1.807) is 11.0 Å². The van der Waals surface area contributed by atoms with Crippen molar-refractivity contribution in [3.05, 3.63) is 57.1 Å². The van der Waals surface area contributed by atoms with Gasteiger partial charge in [0, 0.05) is 24.7 Å². The fourth-order valence-corrected chi connectivity index (χ4v) is 4.78. The lowest BCUT2D eigenvalue weighted by Crippen LogP contribution is -2.39. The number of anilines is 2. The number of carbonyl (C=O) groups is 3. The molecule has 0 atom stereocenters. The Morgan fingerprint density at radius 3 is 2.61 bits per heavy atom. The van der Waals surface area contributed by atoms with Crippen LogP contribution in [0.4, 0.5) is 16.4 Å². The molecule has 0 bridgehead atoms. The molecule has 188 valence electrons. The van der Waals surface area contributed by atoms with E-state index in [0.29, 0.717) is 35.1 Å². The van der Waals surface area contributed by atoms with E-state index in [0.717, 1.165) is 22.5 Å². The van der Waals surface area contributed by atoms with Crippen LogP contribution >= 0.6 is 22.9 Å². The third-order valence-corrected chi connectivity index (χ3v) is 6.58. The van der Waals surface area contributed by atoms with Gasteiger partial charge in [-0.25, -0.2) is 19.6 Å². The predicted molar refractivity (Wildman–Crippen MR) is 136 cm³/mol. The van der Waals surface area contributed by atoms with E-state index in [2.05, 4.69) is 15.3 Å². The van der Waals surface area contributed by atoms with E-state index in [1.807, 2.05) is 26.8 Å². The Bertz CT molecular complexity index is 1370. The van der Waals surface area contributed by atoms with Crippen molar-refractivity contribution < 1.29 is 24.2 Å². The minimum absolute atomic E-state index is 0.0677. The number of primary amides is 1. The zero-order valence-electron chi connectivity index (χ0n) is 19.8. The molecule has 10 nitrogen and oxygen atoms in total. The lowest BCUT2D eigenvalue weighted by Gasteiger charge is -2.31. The molecule has 2 amide bonds. The summed E-state index contributed by atoms with van der Waals surface area (Å²) in [6, 6.07) is 5.09. The molecule has 0 saturated carbocycles. The summed E-state index contributed by atoms with van der Waals surface area (Å²) >= 11 is 7.66. The van der Waals surface area contributed by atoms with Gasteiger partial charge in [-0.05, 0) is 56.5 Å². The normalized spacial score (nSPS) is 13.2. The topological polar surface area (TPSA) is 148 Å². The third kappa shape index (κ3) is 5.58. The fraction of sp³-hybridized carbons (Fsp3) is 0.292. The van der Waals surface area contributed by atoms with Gasteiger partial charge in [0.15, 0.2) is 0 Å². The Balaban J connectivity index is 1.59. The van der Waals surface area contributed by atoms with Crippen LogP contribution in [0.3, 0.4) is 0 Å². The molecule has 1 aliphatic rings. The highest BCUT2D eigenvalue weighted by Gasteiger charge is 2.26. The first-order chi connectivity index (χ1) is 16.9. The van der Waals surface area contributed by atoms with Crippen molar-refractivity contribution in [1.29, 1.82) is 0 Å². The number of halogens is 1. The van der Waals surface area contributed by atoms with Crippen molar-refractivity contribution in [2.24, 2.45) is 5.73 Å². The van der Waals surface area contributed by atoms with Crippen molar-refractivity contribution in [3.63, 3.8) is 0 Å². The number of nitrogens with two attached hydrogens (primary N) is 1. The first-order valence-electron chi connectivity index (χ1n) is 11.0. The van der Waals surface area contributed by atoms with Crippen molar-refractivity contribution in [2.75, 3.05) is 11.9 Å². The smallest absolute Gasteiger partial charge is 0.410 e. The number of aromatic carboxylic acids is 1. The highest BCUT2D eigenvalue weighted by Crippen LogP contribution is 2.33. The van der Waals surface area contributed by atoms with Crippen LogP contribution in [0.5, 0.6) is 0 Å². The van der Waals surface area contributed by atoms with E-state index in [4.69, 9.17) is 22.1 Å². The van der Waals surface area contributed by atoms with Gasteiger partial charge in [0.25, 0.3) is 5.91 Å². The van der Waals surface area contributed by atoms with Crippen LogP contribution in [-0.2, 0) is 17.7 Å². The number of hydrogen-bond donors (Lipinski definition) is 3. The van der Waals surface area contributed by atoms with Crippen LogP contribution in [0, 0.1) is 0 Å². The van der Waals surface area contributed by atoms with E-state index in [9.17, 15) is 19.5 Å². The molecule has 1 aliphatic heterocycles. The first kappa shape index (κ1) is 25.4. The number of ether oxygens (including phenoxy) is 1. The second kappa shape index (κ2) is 9.75. The van der Waals surface area contributed by atoms with Crippen molar-refractivity contribution in [3.8, 4) is 10.6 Å². The SMILES string of the molecule is CC(C)(C)OC(=O)N1CCc2cc(Nc3ncc(C(N)=O)c(-c4cc(C(=O)O)cs4)n3)c(Cl)cc2C1. The largest absolute Gasteiger partial charge is 0.478 e. The molecular weight excluding hydrogens is 506 g/mol. The molecule has 2 aromatic heterocycles. The van der Waals surface area contributed by atoms with Gasteiger partial charge in [0.05, 0.1) is 32.4 Å². The fourth-order valence-electron chi connectivity index (χ4n) is 3.66. The summed E-state index contributed by atoms with van der Waals surface area (Å²) in [6.07, 6.45) is 1.53. The molecule has 0 aliphatic carbocycles. The van der Waals surface area contributed by atoms with Crippen molar-refractivity contribution in [1.82, 2.24) is 14.9 Å². The summed E-state index contributed by atoms with van der Waals surface area (Å²) in [4.78, 5) is 46.4. The molecule has 0 unspecified atom stereocenters. The summed E-state index contributed by atoms with van der Waals surface area (Å²) in [5.74, 6) is -1.66. The van der Waals surface area contributed by atoms with Crippen LogP contribution in [0.1, 0.15) is 52.6 Å². The molecule has 1 aromatic carbocycles. The number of aromatic nitrogens is 2. The van der Waals surface area contributed by atoms with Gasteiger partial charge in [0.1, 0.15) is 5.60 Å². The van der Waals surface area contributed by atoms with Crippen LogP contribution < -0.4 is 11.1 Å². The van der Waals surface area contributed by atoms with Gasteiger partial charge >= 0.3 is 12.1 Å². The Kier molecular flexibility index (Phi) is 6.87. The molecule has 0 spiro atoms. The van der Waals surface area contributed by atoms with Gasteiger partial charge in [-0.2, -0.15) is 0 Å². The number of fused-ring (bicyclic) bond motifs is 1. The zero-order chi connectivity index (χ0) is 26.2. The standard InChI is InChI=1S/C24H24ClN5O5S/c1-24(2,3)35-23(34)30-5-4-12-7-17(16(25)6-13(12)10-30)28-22-27-9-15(20(26)31)19(29-22)18-8-14(11-36-18)21(32)33/h6-9,11H,4-5,10H2,1-3H3,(H2,26,31)(H,32,33)(H,27,28,29). The number of carboxylic acids is 1. The number of thiophene rings is 1. The lowest BCUT2D eigenvalue weighted by atomic mass is 9.99. The molecule has 12 heteroatoms. The molecule has 0 fully saturated rings. The summed E-state index contributed by atoms with van der Waals surface area (Å²) in [5, 5.41) is 14.1. The summed E-state index contributed by atoms with van der Waals surface area (Å²) in [6.45, 7) is 6.35. The average molecular weight is 530 g/mol. The maximum absolute atomic E-state index is 12.5. The zero-order valence-corrected chi connectivity index (χ0v) is 21.4. The quantitative estimate of drug-likeness (QED) is 0.431. The van der Waals surface area contributed by atoms with Gasteiger partial charge in [-0.3, -0.25) is 4.79 Å². The third-order valence-electron chi connectivity index (χ3n) is 5.33. The minimum Gasteiger partial charge on any atom is -0.478 e. The maximum Gasteiger partial charge on any atom is 0.410 e. The molecule has 4 N–H and O–H groups in total. The number of amides is 2. The Morgan fingerprint density at radius 1 is 1.22 bits per heavy atom. The predicted octanol–water partition coefficient (Wildman–Crippen LogP) is 4.69. The molecular formula is C24H24ClN5O5S. The number of carbonyl (C=O) groups excluding carboxylic acids is 2. The van der Waals surface area contributed by atoms with Crippen molar-refractivity contribution in [2.45, 2.75) is 39.3 Å². The summed E-state index contributed by atoms with van der Waals surface area (Å²) < 4.78 is 5.47. The summed E-state index contributed by atoms with van der Waals surface area (Å²) in [7, 11) is 0. The Labute approximate surface area is 216 Å². The molecule has 3 heterocycles. The van der Waals surface area contributed by atoms with E-state index in [-0.39, 0.29) is 28.9 Å². The van der Waals surface area contributed by atoms with E-state index in [1.165, 1.54) is 17.6 Å². The van der Waals surface area contributed by atoms with Crippen LogP contribution in [-0.4, -0.2) is 50.1 Å².